The number of ether oxygens (including phenoxy) is 1. The summed E-state index contributed by atoms with van der Waals surface area (Å²) in [6.07, 6.45) is 0. The molecule has 0 aromatic heterocycles. The molecule has 2 nitrogen and oxygen atoms in total. The van der Waals surface area contributed by atoms with Crippen molar-refractivity contribution >= 4 is 0 Å². The van der Waals surface area contributed by atoms with Gasteiger partial charge in [-0.3, -0.25) is 7.05 Å². The van der Waals surface area contributed by atoms with E-state index in [0.717, 1.165) is 11.3 Å². The molecule has 12 heavy (non-hydrogen) atoms. The van der Waals surface area contributed by atoms with Crippen LogP contribution in [0.5, 0.6) is 5.75 Å². The Balaban J connectivity index is 2.58. The normalized spacial score (nSPS) is 9.83. The molecule has 1 rings (SSSR count). The molecule has 1 aromatic carbocycles. The maximum Gasteiger partial charge on any atom is 0.119 e. The van der Waals surface area contributed by atoms with Crippen molar-refractivity contribution in [2.24, 2.45) is 0 Å². The number of hydrogen-bond acceptors (Lipinski definition) is 1. The Hall–Kier alpha value is -1.02. The number of nitrogens with zero attached hydrogens (tertiary/aromatic N) is 1. The number of benzene rings is 1. The zero-order valence-electron chi connectivity index (χ0n) is 7.29. The minimum atomic E-state index is 0.673. The van der Waals surface area contributed by atoms with E-state index in [1.165, 1.54) is 0 Å². The molecule has 0 unspecified atom stereocenters. The first-order valence-corrected chi connectivity index (χ1v) is 4.01. The van der Waals surface area contributed by atoms with Gasteiger partial charge in [-0.1, -0.05) is 12.1 Å². The second-order valence-corrected chi connectivity index (χ2v) is 2.46. The molecule has 0 aliphatic rings. The summed E-state index contributed by atoms with van der Waals surface area (Å²) in [7, 11) is 3.43. The lowest BCUT2D eigenvalue weighted by atomic mass is 10.2. The van der Waals surface area contributed by atoms with E-state index < -0.39 is 0 Å². The van der Waals surface area contributed by atoms with E-state index in [1.807, 2.05) is 31.2 Å². The first-order valence-electron chi connectivity index (χ1n) is 4.01. The van der Waals surface area contributed by atoms with Crippen LogP contribution in [0, 0.1) is 7.05 Å². The van der Waals surface area contributed by atoms with Crippen LogP contribution in [0.2, 0.25) is 0 Å². The minimum Gasteiger partial charge on any atom is -0.494 e. The summed E-state index contributed by atoms with van der Waals surface area (Å²) in [5, 5.41) is 3.79. The smallest absolute Gasteiger partial charge is 0.119 e. The van der Waals surface area contributed by atoms with Gasteiger partial charge >= 0.3 is 0 Å². The molecule has 0 spiro atoms. The van der Waals surface area contributed by atoms with Gasteiger partial charge in [0.1, 0.15) is 5.75 Å². The van der Waals surface area contributed by atoms with Gasteiger partial charge in [0.25, 0.3) is 0 Å². The average Bonchev–Trinajstić information content (AvgIpc) is 2.09. The molecule has 0 amide bonds. The van der Waals surface area contributed by atoms with E-state index >= 15 is 0 Å². The Morgan fingerprint density at radius 3 is 2.50 bits per heavy atom. The highest BCUT2D eigenvalue weighted by atomic mass is 16.5. The van der Waals surface area contributed by atoms with Crippen molar-refractivity contribution in [1.29, 1.82) is 0 Å². The zero-order chi connectivity index (χ0) is 8.81. The van der Waals surface area contributed by atoms with Gasteiger partial charge in [-0.05, 0) is 24.6 Å². The largest absolute Gasteiger partial charge is 0.494 e. The van der Waals surface area contributed by atoms with Crippen LogP contribution >= 0.6 is 0 Å². The fourth-order valence-electron chi connectivity index (χ4n) is 0.987. The van der Waals surface area contributed by atoms with Crippen molar-refractivity contribution < 1.29 is 4.74 Å². The van der Waals surface area contributed by atoms with Gasteiger partial charge in [-0.2, -0.15) is 0 Å². The van der Waals surface area contributed by atoms with E-state index in [4.69, 9.17) is 4.74 Å². The summed E-state index contributed by atoms with van der Waals surface area (Å²) in [4.78, 5) is 0. The van der Waals surface area contributed by atoms with E-state index in [-0.39, 0.29) is 0 Å². The summed E-state index contributed by atoms with van der Waals surface area (Å²) in [6.45, 7) is 3.35. The fraction of sp³-hybridized carbons (Fsp3) is 0.300. The minimum absolute atomic E-state index is 0.673. The number of rotatable bonds is 4. The quantitative estimate of drug-likeness (QED) is 0.622. The average molecular weight is 163 g/mol. The lowest BCUT2D eigenvalue weighted by molar-refractivity contribution is 0.340. The Kier molecular flexibility index (Phi) is 3.61. The molecule has 0 saturated heterocycles. The van der Waals surface area contributed by atoms with Crippen LogP contribution in [0.1, 0.15) is 12.5 Å². The van der Waals surface area contributed by atoms with Crippen LogP contribution in [0.3, 0.4) is 0 Å². The predicted molar refractivity (Wildman–Crippen MR) is 48.8 cm³/mol. The molecule has 0 atom stereocenters. The Morgan fingerprint density at radius 2 is 2.00 bits per heavy atom. The van der Waals surface area contributed by atoms with Crippen molar-refractivity contribution in [2.45, 2.75) is 13.5 Å². The predicted octanol–water partition coefficient (Wildman–Crippen LogP) is 1.98. The maximum atomic E-state index is 5.29. The highest BCUT2D eigenvalue weighted by Crippen LogP contribution is 2.11. The molecule has 0 aliphatic heterocycles. The monoisotopic (exact) mass is 163 g/mol. The SMILES string of the molecule is [CH2-][N]Cc1ccc(OCC)cc1. The molecule has 65 valence electrons. The third kappa shape index (κ3) is 2.55. The van der Waals surface area contributed by atoms with Crippen LogP contribution in [-0.2, 0) is 6.54 Å². The topological polar surface area (TPSA) is 23.3 Å². The van der Waals surface area contributed by atoms with Gasteiger partial charge in [0.05, 0.1) is 6.61 Å². The maximum absolute atomic E-state index is 5.29. The lowest BCUT2D eigenvalue weighted by Gasteiger charge is -2.05. The summed E-state index contributed by atoms with van der Waals surface area (Å²) in [5.74, 6) is 0.908. The Labute approximate surface area is 73.6 Å². The first-order chi connectivity index (χ1) is 5.86. The van der Waals surface area contributed by atoms with Gasteiger partial charge in [0.15, 0.2) is 0 Å². The van der Waals surface area contributed by atoms with Crippen LogP contribution in [-0.4, -0.2) is 6.61 Å². The van der Waals surface area contributed by atoms with Gasteiger partial charge in [-0.15, -0.1) is 0 Å². The van der Waals surface area contributed by atoms with Gasteiger partial charge in [0, 0.05) is 6.54 Å². The van der Waals surface area contributed by atoms with Crippen molar-refractivity contribution in [3.63, 3.8) is 0 Å². The summed E-state index contributed by atoms with van der Waals surface area (Å²) < 4.78 is 5.29. The van der Waals surface area contributed by atoms with Crippen molar-refractivity contribution in [1.82, 2.24) is 5.32 Å². The molecule has 0 N–H and O–H groups in total. The molecule has 2 heteroatoms. The van der Waals surface area contributed by atoms with Crippen molar-refractivity contribution in [2.75, 3.05) is 6.61 Å². The molecular formula is C10H13NO-. The summed E-state index contributed by atoms with van der Waals surface area (Å²) in [5.41, 5.74) is 1.16. The van der Waals surface area contributed by atoms with Gasteiger partial charge < -0.3 is 10.1 Å². The fourth-order valence-corrected chi connectivity index (χ4v) is 0.987. The zero-order valence-corrected chi connectivity index (χ0v) is 7.29. The first kappa shape index (κ1) is 9.07. The highest BCUT2D eigenvalue weighted by Gasteiger charge is 1.91. The van der Waals surface area contributed by atoms with Crippen molar-refractivity contribution in [3.8, 4) is 5.75 Å². The lowest BCUT2D eigenvalue weighted by Crippen LogP contribution is -1.95. The summed E-state index contributed by atoms with van der Waals surface area (Å²) >= 11 is 0. The van der Waals surface area contributed by atoms with Crippen LogP contribution in [0.25, 0.3) is 0 Å². The standard InChI is InChI=1S/C10H13NO/c1-3-12-10-6-4-9(5-7-10)8-11-2/h4-7H,2-3,8H2,1H3/q-1. The third-order valence-electron chi connectivity index (χ3n) is 1.53. The van der Waals surface area contributed by atoms with Crippen LogP contribution < -0.4 is 10.1 Å². The van der Waals surface area contributed by atoms with E-state index in [1.54, 1.807) is 0 Å². The van der Waals surface area contributed by atoms with Crippen LogP contribution in [0.4, 0.5) is 0 Å². The van der Waals surface area contributed by atoms with Gasteiger partial charge in [-0.25, -0.2) is 0 Å². The Bertz CT molecular complexity index is 193. The van der Waals surface area contributed by atoms with E-state index in [0.29, 0.717) is 13.2 Å². The molecule has 0 heterocycles. The molecule has 1 aromatic rings. The Morgan fingerprint density at radius 1 is 1.33 bits per heavy atom. The highest BCUT2D eigenvalue weighted by molar-refractivity contribution is 5.27. The molecule has 0 bridgehead atoms. The molecular weight excluding hydrogens is 150 g/mol. The second kappa shape index (κ2) is 4.78. The van der Waals surface area contributed by atoms with E-state index in [9.17, 15) is 0 Å². The third-order valence-corrected chi connectivity index (χ3v) is 1.53. The summed E-state index contributed by atoms with van der Waals surface area (Å²) in [6, 6.07) is 7.90. The van der Waals surface area contributed by atoms with E-state index in [2.05, 4.69) is 12.4 Å². The molecule has 0 aliphatic carbocycles. The van der Waals surface area contributed by atoms with Crippen LogP contribution in [0.15, 0.2) is 24.3 Å². The number of hydrogen-bond donors (Lipinski definition) is 0. The van der Waals surface area contributed by atoms with Gasteiger partial charge in [0.2, 0.25) is 0 Å². The second-order valence-electron chi connectivity index (χ2n) is 2.46. The van der Waals surface area contributed by atoms with Crippen molar-refractivity contribution in [3.05, 3.63) is 36.9 Å². The molecule has 0 saturated carbocycles. The molecule has 1 radical (unpaired) electrons. The molecule has 0 fully saturated rings.